The van der Waals surface area contributed by atoms with Crippen LogP contribution in [-0.2, 0) is 52.4 Å². The van der Waals surface area contributed by atoms with Gasteiger partial charge in [0.05, 0.1) is 22.5 Å². The summed E-state index contributed by atoms with van der Waals surface area (Å²) in [6.07, 6.45) is 2.50. The summed E-state index contributed by atoms with van der Waals surface area (Å²) in [6.45, 7) is 11.4. The maximum absolute atomic E-state index is 12.2. The number of benzene rings is 2. The smallest absolute Gasteiger partial charge is 0.303 e. The molecule has 4 rings (SSSR count). The molecular weight excluding hydrogens is 761 g/mol. The van der Waals surface area contributed by atoms with Crippen LogP contribution in [0.2, 0.25) is 0 Å². The topological polar surface area (TPSA) is 220 Å². The van der Waals surface area contributed by atoms with Crippen LogP contribution in [0.4, 0.5) is 5.69 Å². The minimum absolute atomic E-state index is 0.0852. The highest BCUT2D eigenvalue weighted by Gasteiger charge is 2.47. The number of rotatable bonds is 18. The highest BCUT2D eigenvalue weighted by atomic mass is 32.2. The van der Waals surface area contributed by atoms with Crippen LogP contribution in [0.3, 0.4) is 0 Å². The number of aliphatic carboxylic acids is 1. The van der Waals surface area contributed by atoms with E-state index in [1.165, 1.54) is 12.1 Å². The van der Waals surface area contributed by atoms with Gasteiger partial charge >= 0.3 is 5.97 Å². The van der Waals surface area contributed by atoms with Crippen molar-refractivity contribution < 1.29 is 53.2 Å². The summed E-state index contributed by atoms with van der Waals surface area (Å²) in [4.78, 5) is 13.2. The summed E-state index contributed by atoms with van der Waals surface area (Å²) in [5, 5.41) is 10.3. The lowest BCUT2D eigenvalue weighted by Gasteiger charge is -2.37. The van der Waals surface area contributed by atoms with Crippen molar-refractivity contribution in [2.24, 2.45) is 0 Å². The number of hydrogen-bond donors (Lipinski definition) is 4. The first kappa shape index (κ1) is 43.4. The van der Waals surface area contributed by atoms with Crippen LogP contribution in [0.25, 0.3) is 11.3 Å². The fraction of sp³-hybridized carbons (Fsp3) is 0.568. The Bertz CT molecular complexity index is 2210. The van der Waals surface area contributed by atoms with Crippen LogP contribution >= 0.6 is 0 Å². The second-order valence-corrected chi connectivity index (χ2v) is 19.9. The number of carboxylic acid groups (broad SMARTS) is 1. The second kappa shape index (κ2) is 16.8. The Balaban J connectivity index is 1.73. The molecule has 0 radical (unpaired) electrons. The molecule has 0 fully saturated rings. The molecule has 2 heterocycles. The van der Waals surface area contributed by atoms with Gasteiger partial charge in [-0.1, -0.05) is 27.7 Å². The molecule has 1 aromatic rings. The van der Waals surface area contributed by atoms with Crippen LogP contribution in [-0.4, -0.2) is 87.2 Å². The lowest BCUT2D eigenvalue weighted by Crippen LogP contribution is -2.44. The van der Waals surface area contributed by atoms with E-state index in [2.05, 4.69) is 20.8 Å². The number of carbonyl (C=O) groups is 1. The fourth-order valence-corrected chi connectivity index (χ4v) is 9.19. The van der Waals surface area contributed by atoms with Crippen LogP contribution in [0.15, 0.2) is 51.8 Å². The Morgan fingerprint density at radius 2 is 1.57 bits per heavy atom. The molecule has 0 saturated heterocycles. The van der Waals surface area contributed by atoms with Crippen molar-refractivity contribution in [3.05, 3.63) is 64.7 Å². The Kier molecular flexibility index (Phi) is 13.5. The molecule has 4 N–H and O–H groups in total. The van der Waals surface area contributed by atoms with E-state index in [-0.39, 0.29) is 47.9 Å². The van der Waals surface area contributed by atoms with Crippen molar-refractivity contribution in [3.63, 3.8) is 0 Å². The third-order valence-electron chi connectivity index (χ3n) is 10.3. The summed E-state index contributed by atoms with van der Waals surface area (Å²) in [5.74, 6) is -0.424. The first-order valence-electron chi connectivity index (χ1n) is 18.1. The zero-order chi connectivity index (χ0) is 40.3. The molecule has 2 aliphatic heterocycles. The molecular formula is C37H53N2O12S3+. The molecule has 54 heavy (non-hydrogen) atoms. The second-order valence-electron chi connectivity index (χ2n) is 15.3. The third kappa shape index (κ3) is 11.1. The molecule has 14 nitrogen and oxygen atoms in total. The van der Waals surface area contributed by atoms with E-state index in [1.54, 1.807) is 6.07 Å². The number of anilines is 1. The average molecular weight is 814 g/mol. The molecule has 3 aliphatic rings. The first-order valence-corrected chi connectivity index (χ1v) is 22.7. The van der Waals surface area contributed by atoms with E-state index >= 15 is 0 Å². The number of hydrogen-bond acceptors (Lipinski definition) is 9. The van der Waals surface area contributed by atoms with E-state index in [1.807, 2.05) is 47.6 Å². The van der Waals surface area contributed by atoms with Crippen LogP contribution in [0, 0.1) is 0 Å². The summed E-state index contributed by atoms with van der Waals surface area (Å²) in [5.41, 5.74) is 2.21. The van der Waals surface area contributed by atoms with Crippen LogP contribution in [0.5, 0.6) is 0 Å². The van der Waals surface area contributed by atoms with E-state index < -0.39 is 47.5 Å². The van der Waals surface area contributed by atoms with E-state index in [0.717, 1.165) is 16.5 Å². The number of carboxylic acids is 1. The van der Waals surface area contributed by atoms with Gasteiger partial charge in [0.2, 0.25) is 5.36 Å². The van der Waals surface area contributed by atoms with E-state index in [9.17, 15) is 48.8 Å². The van der Waals surface area contributed by atoms with Gasteiger partial charge in [-0.3, -0.25) is 18.5 Å². The number of nitrogens with zero attached hydrogens (tertiary/aromatic N) is 2. The highest BCUT2D eigenvalue weighted by molar-refractivity contribution is 7.86. The Labute approximate surface area is 318 Å². The predicted molar refractivity (Wildman–Crippen MR) is 206 cm³/mol. The van der Waals surface area contributed by atoms with Crippen molar-refractivity contribution in [2.75, 3.05) is 36.0 Å². The quantitative estimate of drug-likeness (QED) is 0.0983. The SMILES string of the molecule is CC[N+](CCCS(=O)(=O)O)=c1ccc2c(C(C)(C)C)cc(CCCC3N(CCCS(=O)(=O)O)c4ccc(S(=O)(=O)O)cc4C3(C)CCCC(=O)O)oc-2c1. The van der Waals surface area contributed by atoms with Crippen molar-refractivity contribution in [1.29, 1.82) is 0 Å². The van der Waals surface area contributed by atoms with E-state index in [0.29, 0.717) is 68.0 Å². The molecule has 300 valence electrons. The maximum Gasteiger partial charge on any atom is 0.303 e. The fourth-order valence-electron chi connectivity index (χ4n) is 7.70. The lowest BCUT2D eigenvalue weighted by molar-refractivity contribution is -0.137. The zero-order valence-corrected chi connectivity index (χ0v) is 33.9. The van der Waals surface area contributed by atoms with Crippen LogP contribution < -0.4 is 14.8 Å². The zero-order valence-electron chi connectivity index (χ0n) is 31.5. The molecule has 1 aliphatic carbocycles. The van der Waals surface area contributed by atoms with Gasteiger partial charge in [-0.05, 0) is 85.9 Å². The molecule has 2 unspecified atom stereocenters. The summed E-state index contributed by atoms with van der Waals surface area (Å²) < 4.78 is 107. The largest absolute Gasteiger partial charge is 0.481 e. The standard InChI is InChI=1S/C37H52N2O12S3/c1-6-38(19-9-21-52(42,43)44)26-14-16-29-30(36(2,3)4)24-27(51-33(29)23-26)11-7-12-34-37(5,18-8-13-35(40)41)31-25-28(54(48,49)50)15-17-32(31)39(34)20-10-22-53(45,46)47/h14-17,23-25,34H,6-13,18-22H2,1-5H3,(H3-,40,41,42,43,44,45,46,47,48,49,50)/p+1. The minimum Gasteiger partial charge on any atom is -0.481 e. The Hall–Kier alpha value is -3.35. The summed E-state index contributed by atoms with van der Waals surface area (Å²) >= 11 is 0. The van der Waals surface area contributed by atoms with Gasteiger partial charge in [-0.2, -0.15) is 25.3 Å². The Morgan fingerprint density at radius 3 is 2.17 bits per heavy atom. The van der Waals surface area contributed by atoms with Crippen LogP contribution in [0.1, 0.15) is 96.5 Å². The highest BCUT2D eigenvalue weighted by Crippen LogP contribution is 2.50. The van der Waals surface area contributed by atoms with Gasteiger partial charge in [0.1, 0.15) is 24.6 Å². The monoisotopic (exact) mass is 813 g/mol. The molecule has 0 aromatic heterocycles. The van der Waals surface area contributed by atoms with Crippen molar-refractivity contribution >= 4 is 42.0 Å². The first-order chi connectivity index (χ1) is 24.9. The van der Waals surface area contributed by atoms with Crippen molar-refractivity contribution in [1.82, 2.24) is 4.58 Å². The van der Waals surface area contributed by atoms with Gasteiger partial charge < -0.3 is 14.4 Å². The van der Waals surface area contributed by atoms with Gasteiger partial charge in [-0.15, -0.1) is 0 Å². The summed E-state index contributed by atoms with van der Waals surface area (Å²) in [6, 6.07) is 11.9. The molecule has 0 spiro atoms. The molecule has 2 atom stereocenters. The normalized spacial score (nSPS) is 18.6. The Morgan fingerprint density at radius 1 is 0.907 bits per heavy atom. The number of fused-ring (bicyclic) bond motifs is 2. The van der Waals surface area contributed by atoms with Crippen molar-refractivity contribution in [2.45, 2.75) is 108 Å². The third-order valence-corrected chi connectivity index (χ3v) is 12.7. The van der Waals surface area contributed by atoms with Gasteiger partial charge in [-0.25, -0.2) is 4.58 Å². The molecule has 0 bridgehead atoms. The molecule has 17 heteroatoms. The molecule has 0 saturated carbocycles. The van der Waals surface area contributed by atoms with E-state index in [4.69, 9.17) is 4.42 Å². The van der Waals surface area contributed by atoms with Gasteiger partial charge in [0.25, 0.3) is 30.4 Å². The lowest BCUT2D eigenvalue weighted by atomic mass is 9.73. The van der Waals surface area contributed by atoms with Crippen molar-refractivity contribution in [3.8, 4) is 11.3 Å². The maximum atomic E-state index is 12.2. The molecule has 0 amide bonds. The number of aryl methyl sites for hydroxylation is 1. The average Bonchev–Trinajstić information content (AvgIpc) is 3.26. The van der Waals surface area contributed by atoms with Gasteiger partial charge in [0.15, 0.2) is 0 Å². The minimum atomic E-state index is -4.56. The predicted octanol–water partition coefficient (Wildman–Crippen LogP) is 5.00. The van der Waals surface area contributed by atoms with Gasteiger partial charge in [0, 0.05) is 54.6 Å². The summed E-state index contributed by atoms with van der Waals surface area (Å²) in [7, 11) is -12.9. The molecule has 1 aromatic carbocycles.